The van der Waals surface area contributed by atoms with Gasteiger partial charge in [0.25, 0.3) is 0 Å². The summed E-state index contributed by atoms with van der Waals surface area (Å²) in [6.07, 6.45) is 0. The average Bonchev–Trinajstić information content (AvgIpc) is 2.57. The lowest BCUT2D eigenvalue weighted by molar-refractivity contribution is 0.589. The SMILES string of the molecule is C[C@H]1NCCS(=O)(=O)c2sc(S(N)(=O)=O)cc21.Cl. The first-order valence-corrected chi connectivity index (χ1v) is 8.86. The Balaban J connectivity index is 0.00000162. The topological polar surface area (TPSA) is 106 Å². The molecule has 0 unspecified atom stereocenters. The first-order chi connectivity index (χ1) is 7.72. The quantitative estimate of drug-likeness (QED) is 0.767. The number of thiophene rings is 1. The van der Waals surface area contributed by atoms with E-state index in [9.17, 15) is 16.8 Å². The normalized spacial score (nSPS) is 22.7. The summed E-state index contributed by atoms with van der Waals surface area (Å²) >= 11 is 0.725. The molecule has 0 aromatic carbocycles. The Labute approximate surface area is 116 Å². The van der Waals surface area contributed by atoms with Crippen molar-refractivity contribution in [1.29, 1.82) is 0 Å². The van der Waals surface area contributed by atoms with E-state index < -0.39 is 19.9 Å². The van der Waals surface area contributed by atoms with Gasteiger partial charge in [-0.25, -0.2) is 22.0 Å². The number of rotatable bonds is 1. The molecule has 0 aliphatic carbocycles. The Morgan fingerprint density at radius 2 is 2.11 bits per heavy atom. The van der Waals surface area contributed by atoms with Gasteiger partial charge in [-0.2, -0.15) is 0 Å². The lowest BCUT2D eigenvalue weighted by Gasteiger charge is -2.08. The van der Waals surface area contributed by atoms with Crippen molar-refractivity contribution >= 4 is 43.6 Å². The summed E-state index contributed by atoms with van der Waals surface area (Å²) in [5.74, 6) is -0.0328. The summed E-state index contributed by atoms with van der Waals surface area (Å²) in [5.41, 5.74) is 0.483. The molecule has 0 saturated heterocycles. The number of hydrogen-bond acceptors (Lipinski definition) is 6. The Bertz CT molecular complexity index is 650. The Morgan fingerprint density at radius 3 is 2.67 bits per heavy atom. The standard InChI is InChI=1S/C8H12N2O4S3.ClH/c1-5-6-4-7(17(9,13)14)15-8(6)16(11,12)3-2-10-5;/h4-5,10H,2-3H2,1H3,(H2,9,13,14);1H/t5-;/m1./s1. The van der Waals surface area contributed by atoms with E-state index in [4.69, 9.17) is 5.14 Å². The van der Waals surface area contributed by atoms with Crippen LogP contribution in [0.15, 0.2) is 14.5 Å². The van der Waals surface area contributed by atoms with Gasteiger partial charge in [0.15, 0.2) is 9.84 Å². The molecule has 10 heteroatoms. The highest BCUT2D eigenvalue weighted by atomic mass is 35.5. The number of fused-ring (bicyclic) bond motifs is 1. The van der Waals surface area contributed by atoms with Crippen LogP contribution in [0.1, 0.15) is 18.5 Å². The van der Waals surface area contributed by atoms with Gasteiger partial charge in [-0.15, -0.1) is 23.7 Å². The third-order valence-electron chi connectivity index (χ3n) is 2.55. The molecule has 0 bridgehead atoms. The van der Waals surface area contributed by atoms with E-state index in [1.807, 2.05) is 0 Å². The van der Waals surface area contributed by atoms with Gasteiger partial charge >= 0.3 is 0 Å². The van der Waals surface area contributed by atoms with Crippen LogP contribution in [0.5, 0.6) is 0 Å². The van der Waals surface area contributed by atoms with Crippen LogP contribution >= 0.6 is 23.7 Å². The molecule has 1 aliphatic rings. The van der Waals surface area contributed by atoms with E-state index in [1.54, 1.807) is 6.92 Å². The van der Waals surface area contributed by atoms with Gasteiger partial charge in [0.1, 0.15) is 8.42 Å². The first kappa shape index (κ1) is 15.9. The van der Waals surface area contributed by atoms with Crippen molar-refractivity contribution in [2.24, 2.45) is 5.14 Å². The van der Waals surface area contributed by atoms with Gasteiger partial charge in [0.2, 0.25) is 10.0 Å². The van der Waals surface area contributed by atoms with Crippen LogP contribution in [0.3, 0.4) is 0 Å². The van der Waals surface area contributed by atoms with Crippen molar-refractivity contribution in [3.63, 3.8) is 0 Å². The average molecular weight is 333 g/mol. The van der Waals surface area contributed by atoms with Gasteiger partial charge in [0, 0.05) is 12.6 Å². The molecule has 3 N–H and O–H groups in total. The number of halogens is 1. The predicted octanol–water partition coefficient (Wildman–Crippen LogP) is 0.255. The van der Waals surface area contributed by atoms with E-state index >= 15 is 0 Å². The molecule has 1 aromatic heterocycles. The van der Waals surface area contributed by atoms with Crippen LogP contribution in [-0.4, -0.2) is 29.1 Å². The zero-order chi connectivity index (χ0) is 12.8. The largest absolute Gasteiger partial charge is 0.309 e. The summed E-state index contributed by atoms with van der Waals surface area (Å²) in [5, 5.41) is 8.02. The molecule has 1 atom stereocenters. The molecule has 1 aliphatic heterocycles. The molecule has 0 radical (unpaired) electrons. The van der Waals surface area contributed by atoms with Crippen LogP contribution in [0.25, 0.3) is 0 Å². The highest BCUT2D eigenvalue weighted by Gasteiger charge is 2.30. The van der Waals surface area contributed by atoms with Crippen molar-refractivity contribution in [3.8, 4) is 0 Å². The van der Waals surface area contributed by atoms with E-state index in [-0.39, 0.29) is 32.6 Å². The second kappa shape index (κ2) is 5.06. The van der Waals surface area contributed by atoms with Crippen molar-refractivity contribution in [1.82, 2.24) is 5.32 Å². The molecule has 1 aromatic rings. The predicted molar refractivity (Wildman–Crippen MR) is 71.4 cm³/mol. The zero-order valence-electron chi connectivity index (χ0n) is 9.41. The van der Waals surface area contributed by atoms with E-state index in [1.165, 1.54) is 6.07 Å². The van der Waals surface area contributed by atoms with Crippen LogP contribution in [0, 0.1) is 0 Å². The summed E-state index contributed by atoms with van der Waals surface area (Å²) in [6, 6.07) is 1.14. The minimum atomic E-state index is -3.86. The highest BCUT2D eigenvalue weighted by Crippen LogP contribution is 2.35. The maximum absolute atomic E-state index is 11.9. The third kappa shape index (κ3) is 2.86. The van der Waals surface area contributed by atoms with Gasteiger partial charge in [0.05, 0.1) is 5.75 Å². The molecule has 18 heavy (non-hydrogen) atoms. The third-order valence-corrected chi connectivity index (χ3v) is 7.47. The van der Waals surface area contributed by atoms with E-state index in [2.05, 4.69) is 5.32 Å². The second-order valence-corrected chi connectivity index (χ2v) is 8.99. The summed E-state index contributed by atoms with van der Waals surface area (Å²) in [7, 11) is -7.27. The Hall–Kier alpha value is -0.190. The van der Waals surface area contributed by atoms with Crippen LogP contribution < -0.4 is 10.5 Å². The van der Waals surface area contributed by atoms with Crippen molar-refractivity contribution in [3.05, 3.63) is 11.6 Å². The molecule has 2 heterocycles. The maximum Gasteiger partial charge on any atom is 0.247 e. The lowest BCUT2D eigenvalue weighted by Crippen LogP contribution is -2.21. The van der Waals surface area contributed by atoms with Crippen LogP contribution in [0.4, 0.5) is 0 Å². The zero-order valence-corrected chi connectivity index (χ0v) is 12.7. The first-order valence-electron chi connectivity index (χ1n) is 4.84. The molecule has 104 valence electrons. The molecule has 0 spiro atoms. The minimum Gasteiger partial charge on any atom is -0.309 e. The van der Waals surface area contributed by atoms with Crippen molar-refractivity contribution in [2.75, 3.05) is 12.3 Å². The molecular weight excluding hydrogens is 320 g/mol. The highest BCUT2D eigenvalue weighted by molar-refractivity contribution is 7.95. The van der Waals surface area contributed by atoms with Gasteiger partial charge in [-0.3, -0.25) is 0 Å². The minimum absolute atomic E-state index is 0. The molecule has 0 fully saturated rings. The number of sulfonamides is 1. The van der Waals surface area contributed by atoms with Crippen molar-refractivity contribution in [2.45, 2.75) is 21.4 Å². The number of nitrogens with one attached hydrogen (secondary N) is 1. The summed E-state index contributed by atoms with van der Waals surface area (Å²) in [4.78, 5) is 0. The number of primary sulfonamides is 1. The molecule has 2 rings (SSSR count). The van der Waals surface area contributed by atoms with E-state index in [0.717, 1.165) is 11.3 Å². The Morgan fingerprint density at radius 1 is 1.50 bits per heavy atom. The summed E-state index contributed by atoms with van der Waals surface area (Å²) < 4.78 is 46.3. The summed E-state index contributed by atoms with van der Waals surface area (Å²) in [6.45, 7) is 2.15. The Kier molecular flexibility index (Phi) is 4.46. The fraction of sp³-hybridized carbons (Fsp3) is 0.500. The molecule has 0 saturated carbocycles. The number of sulfone groups is 1. The number of nitrogens with two attached hydrogens (primary N) is 1. The molecular formula is C8H13ClN2O4S3. The molecule has 0 amide bonds. The lowest BCUT2D eigenvalue weighted by atomic mass is 10.2. The fourth-order valence-electron chi connectivity index (χ4n) is 1.66. The molecule has 6 nitrogen and oxygen atoms in total. The van der Waals surface area contributed by atoms with Crippen LogP contribution in [-0.2, 0) is 19.9 Å². The number of hydrogen-bond donors (Lipinski definition) is 2. The van der Waals surface area contributed by atoms with Crippen molar-refractivity contribution < 1.29 is 16.8 Å². The van der Waals surface area contributed by atoms with Gasteiger partial charge in [-0.05, 0) is 18.6 Å². The van der Waals surface area contributed by atoms with E-state index in [0.29, 0.717) is 12.1 Å². The van der Waals surface area contributed by atoms with Crippen LogP contribution in [0.2, 0.25) is 0 Å². The van der Waals surface area contributed by atoms with Gasteiger partial charge in [-0.1, -0.05) is 0 Å². The smallest absolute Gasteiger partial charge is 0.247 e. The monoisotopic (exact) mass is 332 g/mol. The maximum atomic E-state index is 11.9. The van der Waals surface area contributed by atoms with Gasteiger partial charge < -0.3 is 5.32 Å². The fourth-order valence-corrected chi connectivity index (χ4v) is 5.74. The second-order valence-electron chi connectivity index (χ2n) is 3.85.